The molecule has 1 heterocycles. The zero-order chi connectivity index (χ0) is 19.0. The third kappa shape index (κ3) is 7.40. The van der Waals surface area contributed by atoms with Crippen LogP contribution in [0, 0.1) is 0 Å². The van der Waals surface area contributed by atoms with Gasteiger partial charge in [0.05, 0.1) is 0 Å². The van der Waals surface area contributed by atoms with Crippen LogP contribution in [0.25, 0.3) is 0 Å². The normalized spacial score (nSPS) is 20.3. The summed E-state index contributed by atoms with van der Waals surface area (Å²) in [6.45, 7) is 11.0. The topological polar surface area (TPSA) is 69.2 Å². The minimum atomic E-state index is -0.426. The van der Waals surface area contributed by atoms with E-state index in [4.69, 9.17) is 4.74 Å². The number of aliphatic imine (C=N–C) groups is 1. The molecule has 0 radical (unpaired) electrons. The number of carbonyl (C=O) groups excluding carboxylic acids is 1. The van der Waals surface area contributed by atoms with Crippen molar-refractivity contribution >= 4 is 12.1 Å². The standard InChI is InChI=1S/C19H37N5O2/c1-19(2,3)26-18(25)24-14-12-23(13-15-24)11-7-10-21-17(20-4)22-16-8-5-6-9-16/h16H,5-15H2,1-4H3,(H2,20,21,22). The van der Waals surface area contributed by atoms with Crippen LogP contribution in [-0.4, -0.2) is 79.8 Å². The molecular formula is C19H37N5O2. The Morgan fingerprint density at radius 2 is 1.81 bits per heavy atom. The number of nitrogens with one attached hydrogen (secondary N) is 2. The predicted molar refractivity (Wildman–Crippen MR) is 106 cm³/mol. The van der Waals surface area contributed by atoms with Gasteiger partial charge in [0, 0.05) is 45.8 Å². The summed E-state index contributed by atoms with van der Waals surface area (Å²) in [6.07, 6.45) is 6.03. The number of nitrogens with zero attached hydrogens (tertiary/aromatic N) is 3. The van der Waals surface area contributed by atoms with Crippen LogP contribution in [-0.2, 0) is 4.74 Å². The molecule has 0 aromatic carbocycles. The zero-order valence-corrected chi connectivity index (χ0v) is 17.0. The van der Waals surface area contributed by atoms with Crippen molar-refractivity contribution in [3.05, 3.63) is 0 Å². The smallest absolute Gasteiger partial charge is 0.410 e. The van der Waals surface area contributed by atoms with Gasteiger partial charge in [-0.2, -0.15) is 0 Å². The van der Waals surface area contributed by atoms with E-state index in [1.807, 2.05) is 32.7 Å². The molecular weight excluding hydrogens is 330 g/mol. The molecule has 0 aromatic rings. The molecule has 1 amide bonds. The second-order valence-corrected chi connectivity index (χ2v) is 8.29. The van der Waals surface area contributed by atoms with Gasteiger partial charge in [0.2, 0.25) is 0 Å². The second-order valence-electron chi connectivity index (χ2n) is 8.29. The summed E-state index contributed by atoms with van der Waals surface area (Å²) in [5.41, 5.74) is -0.426. The second kappa shape index (κ2) is 10.00. The van der Waals surface area contributed by atoms with Crippen LogP contribution in [0.3, 0.4) is 0 Å². The molecule has 1 aliphatic carbocycles. The largest absolute Gasteiger partial charge is 0.444 e. The van der Waals surface area contributed by atoms with Gasteiger partial charge in [-0.25, -0.2) is 4.79 Å². The summed E-state index contributed by atoms with van der Waals surface area (Å²) in [5, 5.41) is 6.92. The van der Waals surface area contributed by atoms with Crippen LogP contribution < -0.4 is 10.6 Å². The molecule has 2 N–H and O–H groups in total. The van der Waals surface area contributed by atoms with E-state index in [9.17, 15) is 4.79 Å². The van der Waals surface area contributed by atoms with Gasteiger partial charge < -0.3 is 20.3 Å². The maximum absolute atomic E-state index is 12.1. The Bertz CT molecular complexity index is 461. The van der Waals surface area contributed by atoms with E-state index in [0.29, 0.717) is 6.04 Å². The SMILES string of the molecule is CN=C(NCCCN1CCN(C(=O)OC(C)(C)C)CC1)NC1CCCC1. The molecule has 0 aromatic heterocycles. The van der Waals surface area contributed by atoms with Gasteiger partial charge in [-0.05, 0) is 46.6 Å². The summed E-state index contributed by atoms with van der Waals surface area (Å²) in [4.78, 5) is 20.6. The molecule has 2 fully saturated rings. The quantitative estimate of drug-likeness (QED) is 0.442. The molecule has 2 rings (SSSR count). The van der Waals surface area contributed by atoms with Gasteiger partial charge in [-0.1, -0.05) is 12.8 Å². The lowest BCUT2D eigenvalue weighted by atomic mass is 10.2. The van der Waals surface area contributed by atoms with Crippen LogP contribution in [0.4, 0.5) is 4.79 Å². The van der Waals surface area contributed by atoms with Gasteiger partial charge in [0.25, 0.3) is 0 Å². The number of hydrogen-bond acceptors (Lipinski definition) is 4. The number of piperazine rings is 1. The summed E-state index contributed by atoms with van der Waals surface area (Å²) >= 11 is 0. The van der Waals surface area contributed by atoms with E-state index in [0.717, 1.165) is 51.6 Å². The van der Waals surface area contributed by atoms with Gasteiger partial charge in [-0.3, -0.25) is 9.89 Å². The van der Waals surface area contributed by atoms with E-state index in [-0.39, 0.29) is 6.09 Å². The first-order valence-electron chi connectivity index (χ1n) is 10.0. The average Bonchev–Trinajstić information content (AvgIpc) is 3.09. The average molecular weight is 368 g/mol. The summed E-state index contributed by atoms with van der Waals surface area (Å²) < 4.78 is 5.44. The Balaban J connectivity index is 1.57. The first-order chi connectivity index (χ1) is 12.4. The number of rotatable bonds is 5. The first kappa shape index (κ1) is 20.8. The fourth-order valence-corrected chi connectivity index (χ4v) is 3.45. The minimum Gasteiger partial charge on any atom is -0.444 e. The molecule has 150 valence electrons. The molecule has 1 saturated carbocycles. The highest BCUT2D eigenvalue weighted by Crippen LogP contribution is 2.17. The molecule has 0 spiro atoms. The van der Waals surface area contributed by atoms with Gasteiger partial charge in [0.15, 0.2) is 5.96 Å². The molecule has 26 heavy (non-hydrogen) atoms. The van der Waals surface area contributed by atoms with Crippen LogP contribution in [0.2, 0.25) is 0 Å². The summed E-state index contributed by atoms with van der Waals surface area (Å²) in [5.74, 6) is 0.923. The number of guanidine groups is 1. The fraction of sp³-hybridized carbons (Fsp3) is 0.895. The molecule has 0 bridgehead atoms. The van der Waals surface area contributed by atoms with Crippen molar-refractivity contribution in [3.8, 4) is 0 Å². The van der Waals surface area contributed by atoms with Crippen molar-refractivity contribution in [1.29, 1.82) is 0 Å². The van der Waals surface area contributed by atoms with Crippen molar-refractivity contribution < 1.29 is 9.53 Å². The van der Waals surface area contributed by atoms with Crippen molar-refractivity contribution in [1.82, 2.24) is 20.4 Å². The lowest BCUT2D eigenvalue weighted by Crippen LogP contribution is -2.50. The Labute approximate surface area is 158 Å². The monoisotopic (exact) mass is 367 g/mol. The highest BCUT2D eigenvalue weighted by Gasteiger charge is 2.25. The van der Waals surface area contributed by atoms with Crippen LogP contribution in [0.5, 0.6) is 0 Å². The van der Waals surface area contributed by atoms with Crippen molar-refractivity contribution in [2.24, 2.45) is 4.99 Å². The third-order valence-electron chi connectivity index (χ3n) is 4.89. The van der Waals surface area contributed by atoms with Crippen molar-refractivity contribution in [2.75, 3.05) is 46.3 Å². The Morgan fingerprint density at radius 3 is 2.38 bits per heavy atom. The van der Waals surface area contributed by atoms with Crippen LogP contribution in [0.15, 0.2) is 4.99 Å². The van der Waals surface area contributed by atoms with E-state index in [1.54, 1.807) is 0 Å². The number of carbonyl (C=O) groups is 1. The van der Waals surface area contributed by atoms with E-state index in [1.165, 1.54) is 25.7 Å². The predicted octanol–water partition coefficient (Wildman–Crippen LogP) is 2.04. The maximum atomic E-state index is 12.1. The van der Waals surface area contributed by atoms with Gasteiger partial charge in [0.1, 0.15) is 5.60 Å². The number of amides is 1. The Morgan fingerprint density at radius 1 is 1.15 bits per heavy atom. The molecule has 7 heteroatoms. The first-order valence-corrected chi connectivity index (χ1v) is 10.0. The van der Waals surface area contributed by atoms with Crippen LogP contribution >= 0.6 is 0 Å². The minimum absolute atomic E-state index is 0.194. The van der Waals surface area contributed by atoms with Crippen molar-refractivity contribution in [2.45, 2.75) is 64.5 Å². The van der Waals surface area contributed by atoms with Crippen molar-refractivity contribution in [3.63, 3.8) is 0 Å². The lowest BCUT2D eigenvalue weighted by Gasteiger charge is -2.35. The molecule has 2 aliphatic rings. The van der Waals surface area contributed by atoms with Gasteiger partial charge >= 0.3 is 6.09 Å². The van der Waals surface area contributed by atoms with E-state index in [2.05, 4.69) is 20.5 Å². The lowest BCUT2D eigenvalue weighted by molar-refractivity contribution is 0.0145. The Hall–Kier alpha value is -1.50. The fourth-order valence-electron chi connectivity index (χ4n) is 3.45. The summed E-state index contributed by atoms with van der Waals surface area (Å²) in [7, 11) is 1.83. The highest BCUT2D eigenvalue weighted by atomic mass is 16.6. The molecule has 1 aliphatic heterocycles. The zero-order valence-electron chi connectivity index (χ0n) is 17.0. The number of ether oxygens (including phenoxy) is 1. The van der Waals surface area contributed by atoms with Crippen LogP contribution in [0.1, 0.15) is 52.9 Å². The molecule has 1 saturated heterocycles. The highest BCUT2D eigenvalue weighted by molar-refractivity contribution is 5.79. The van der Waals surface area contributed by atoms with E-state index >= 15 is 0 Å². The molecule has 0 atom stereocenters. The molecule has 7 nitrogen and oxygen atoms in total. The maximum Gasteiger partial charge on any atom is 0.410 e. The third-order valence-corrected chi connectivity index (χ3v) is 4.89. The molecule has 0 unspecified atom stereocenters. The number of hydrogen-bond donors (Lipinski definition) is 2. The van der Waals surface area contributed by atoms with Gasteiger partial charge in [-0.15, -0.1) is 0 Å². The van der Waals surface area contributed by atoms with E-state index < -0.39 is 5.60 Å². The summed E-state index contributed by atoms with van der Waals surface area (Å²) in [6, 6.07) is 0.585. The Kier molecular flexibility index (Phi) is 8.00.